The molecular weight excluding hydrogens is 336 g/mol. The molecule has 2 aliphatic rings. The predicted octanol–water partition coefficient (Wildman–Crippen LogP) is 0.776. The van der Waals surface area contributed by atoms with Crippen LogP contribution in [-0.2, 0) is 14.4 Å². The van der Waals surface area contributed by atoms with E-state index in [0.717, 1.165) is 30.6 Å². The topological polar surface area (TPSA) is 110 Å². The van der Waals surface area contributed by atoms with E-state index in [1.165, 1.54) is 11.0 Å². The van der Waals surface area contributed by atoms with Crippen molar-refractivity contribution in [1.29, 1.82) is 0 Å². The Morgan fingerprint density at radius 1 is 1.15 bits per heavy atom. The van der Waals surface area contributed by atoms with Crippen LogP contribution in [0.2, 0.25) is 0 Å². The van der Waals surface area contributed by atoms with Gasteiger partial charge in [0.05, 0.1) is 17.5 Å². The second kappa shape index (κ2) is 6.66. The minimum absolute atomic E-state index is 0.211. The number of likely N-dealkylation sites (tertiary alicyclic amines) is 1. The zero-order chi connectivity index (χ0) is 18.1. The van der Waals surface area contributed by atoms with E-state index in [1.807, 2.05) is 0 Å². The van der Waals surface area contributed by atoms with E-state index in [9.17, 15) is 14.4 Å². The molecule has 1 aromatic carbocycles. The first-order valence-corrected chi connectivity index (χ1v) is 8.62. The molecule has 0 bridgehead atoms. The van der Waals surface area contributed by atoms with Crippen LogP contribution in [0.25, 0.3) is 5.69 Å². The lowest BCUT2D eigenvalue weighted by atomic mass is 9.81. The molecule has 2 heterocycles. The lowest BCUT2D eigenvalue weighted by Gasteiger charge is -2.19. The molecule has 2 fully saturated rings. The van der Waals surface area contributed by atoms with E-state index < -0.39 is 5.91 Å². The number of nitrogens with zero attached hydrogens (tertiary/aromatic N) is 5. The van der Waals surface area contributed by atoms with E-state index in [1.54, 1.807) is 24.3 Å². The Kier molecular flexibility index (Phi) is 4.19. The second-order valence-electron chi connectivity index (χ2n) is 6.61. The largest absolute Gasteiger partial charge is 0.324 e. The molecule has 0 unspecified atom stereocenters. The quantitative estimate of drug-likeness (QED) is 0.812. The molecule has 0 radical (unpaired) electrons. The smallest absolute Gasteiger partial charge is 0.244 e. The third kappa shape index (κ3) is 2.96. The zero-order valence-electron chi connectivity index (χ0n) is 14.0. The number of carbonyl (C=O) groups is 3. The van der Waals surface area contributed by atoms with Crippen LogP contribution in [0.4, 0.5) is 5.69 Å². The summed E-state index contributed by atoms with van der Waals surface area (Å²) in [5.74, 6) is -1.31. The summed E-state index contributed by atoms with van der Waals surface area (Å²) in [4.78, 5) is 38.4. The summed E-state index contributed by atoms with van der Waals surface area (Å²) in [5, 5.41) is 13.7. The van der Waals surface area contributed by atoms with Crippen molar-refractivity contribution < 1.29 is 14.4 Å². The Morgan fingerprint density at radius 3 is 2.54 bits per heavy atom. The van der Waals surface area contributed by atoms with E-state index in [0.29, 0.717) is 11.4 Å². The Labute approximate surface area is 149 Å². The first-order chi connectivity index (χ1) is 12.6. The molecule has 1 N–H and O–H groups in total. The van der Waals surface area contributed by atoms with Gasteiger partial charge < -0.3 is 5.32 Å². The van der Waals surface area contributed by atoms with Gasteiger partial charge in [0, 0.05) is 5.69 Å². The first-order valence-electron chi connectivity index (χ1n) is 8.62. The predicted molar refractivity (Wildman–Crippen MR) is 90.0 cm³/mol. The fourth-order valence-corrected chi connectivity index (χ4v) is 3.74. The number of tetrazole rings is 1. The third-order valence-corrected chi connectivity index (χ3v) is 4.98. The van der Waals surface area contributed by atoms with Gasteiger partial charge in [-0.2, -0.15) is 0 Å². The molecule has 1 aromatic heterocycles. The number of anilines is 1. The van der Waals surface area contributed by atoms with Crippen molar-refractivity contribution in [1.82, 2.24) is 25.1 Å². The molecule has 2 atom stereocenters. The number of hydrogen-bond acceptors (Lipinski definition) is 6. The zero-order valence-corrected chi connectivity index (χ0v) is 14.0. The highest BCUT2D eigenvalue weighted by molar-refractivity contribution is 6.08. The summed E-state index contributed by atoms with van der Waals surface area (Å²) in [6.45, 7) is -0.250. The van der Waals surface area contributed by atoms with Gasteiger partial charge in [0.15, 0.2) is 0 Å². The van der Waals surface area contributed by atoms with Crippen molar-refractivity contribution in [3.05, 3.63) is 30.6 Å². The summed E-state index contributed by atoms with van der Waals surface area (Å²) in [6, 6.07) is 6.98. The Hall–Kier alpha value is -3.10. The molecule has 0 spiro atoms. The number of fused-ring (bicyclic) bond motifs is 1. The Bertz CT molecular complexity index is 826. The number of aromatic nitrogens is 4. The van der Waals surface area contributed by atoms with Crippen molar-refractivity contribution >= 4 is 23.4 Å². The van der Waals surface area contributed by atoms with Crippen LogP contribution in [-0.4, -0.2) is 49.4 Å². The fraction of sp³-hybridized carbons (Fsp3) is 0.412. The van der Waals surface area contributed by atoms with Crippen LogP contribution >= 0.6 is 0 Å². The number of carbonyl (C=O) groups excluding carboxylic acids is 3. The molecule has 4 rings (SSSR count). The molecule has 26 heavy (non-hydrogen) atoms. The third-order valence-electron chi connectivity index (χ3n) is 4.98. The van der Waals surface area contributed by atoms with E-state index in [-0.39, 0.29) is 30.2 Å². The lowest BCUT2D eigenvalue weighted by Crippen LogP contribution is -2.38. The monoisotopic (exact) mass is 354 g/mol. The maximum absolute atomic E-state index is 12.4. The Morgan fingerprint density at radius 2 is 1.88 bits per heavy atom. The van der Waals surface area contributed by atoms with Gasteiger partial charge >= 0.3 is 0 Å². The number of imide groups is 1. The minimum atomic E-state index is -0.404. The molecule has 2 aromatic rings. The summed E-state index contributed by atoms with van der Waals surface area (Å²) in [6.07, 6.45) is 4.85. The SMILES string of the molecule is O=C(CN1C(=O)[C@H]2CCCC[C@H]2C1=O)Nc1cccc(-n2cnnn2)c1. The van der Waals surface area contributed by atoms with Crippen molar-refractivity contribution in [2.75, 3.05) is 11.9 Å². The minimum Gasteiger partial charge on any atom is -0.324 e. The number of amides is 3. The van der Waals surface area contributed by atoms with Crippen LogP contribution < -0.4 is 5.32 Å². The highest BCUT2D eigenvalue weighted by atomic mass is 16.2. The number of rotatable bonds is 4. The first kappa shape index (κ1) is 16.4. The second-order valence-corrected chi connectivity index (χ2v) is 6.61. The maximum atomic E-state index is 12.4. The van der Waals surface area contributed by atoms with Crippen molar-refractivity contribution in [3.8, 4) is 5.69 Å². The van der Waals surface area contributed by atoms with Crippen molar-refractivity contribution in [3.63, 3.8) is 0 Å². The molecule has 1 saturated heterocycles. The fourth-order valence-electron chi connectivity index (χ4n) is 3.74. The average molecular weight is 354 g/mol. The summed E-state index contributed by atoms with van der Waals surface area (Å²) in [7, 11) is 0. The van der Waals surface area contributed by atoms with Crippen LogP contribution in [0, 0.1) is 11.8 Å². The number of benzene rings is 1. The van der Waals surface area contributed by atoms with Gasteiger partial charge in [-0.3, -0.25) is 19.3 Å². The van der Waals surface area contributed by atoms with E-state index in [2.05, 4.69) is 20.8 Å². The molecule has 1 aliphatic carbocycles. The normalized spacial score (nSPS) is 22.4. The van der Waals surface area contributed by atoms with E-state index in [4.69, 9.17) is 0 Å². The number of hydrogen-bond donors (Lipinski definition) is 1. The van der Waals surface area contributed by atoms with Crippen LogP contribution in [0.5, 0.6) is 0 Å². The van der Waals surface area contributed by atoms with Gasteiger partial charge in [-0.1, -0.05) is 18.9 Å². The van der Waals surface area contributed by atoms with Crippen molar-refractivity contribution in [2.45, 2.75) is 25.7 Å². The van der Waals surface area contributed by atoms with Gasteiger partial charge in [0.2, 0.25) is 17.7 Å². The maximum Gasteiger partial charge on any atom is 0.244 e. The summed E-state index contributed by atoms with van der Waals surface area (Å²) < 4.78 is 1.47. The number of nitrogens with one attached hydrogen (secondary N) is 1. The molecule has 9 nitrogen and oxygen atoms in total. The lowest BCUT2D eigenvalue weighted by molar-refractivity contribution is -0.142. The van der Waals surface area contributed by atoms with Crippen LogP contribution in [0.3, 0.4) is 0 Å². The standard InChI is InChI=1S/C17H18N6O3/c24-15(9-22-16(25)13-6-1-2-7-14(13)17(22)26)19-11-4-3-5-12(8-11)23-10-18-20-21-23/h3-5,8,10,13-14H,1-2,6-7,9H2,(H,19,24)/t13-,14+. The van der Waals surface area contributed by atoms with Crippen molar-refractivity contribution in [2.24, 2.45) is 11.8 Å². The summed E-state index contributed by atoms with van der Waals surface area (Å²) in [5.41, 5.74) is 1.23. The van der Waals surface area contributed by atoms with Gasteiger partial charge in [-0.05, 0) is 41.5 Å². The molecular formula is C17H18N6O3. The highest BCUT2D eigenvalue weighted by Crippen LogP contribution is 2.37. The molecule has 3 amide bonds. The molecule has 1 aliphatic heterocycles. The molecule has 9 heteroatoms. The van der Waals surface area contributed by atoms with Gasteiger partial charge in [-0.25, -0.2) is 4.68 Å². The summed E-state index contributed by atoms with van der Waals surface area (Å²) >= 11 is 0. The van der Waals surface area contributed by atoms with Gasteiger partial charge in [0.25, 0.3) is 0 Å². The molecule has 134 valence electrons. The van der Waals surface area contributed by atoms with Crippen LogP contribution in [0.15, 0.2) is 30.6 Å². The Balaban J connectivity index is 1.44. The highest BCUT2D eigenvalue weighted by Gasteiger charge is 2.48. The van der Waals surface area contributed by atoms with E-state index >= 15 is 0 Å². The van der Waals surface area contributed by atoms with Gasteiger partial charge in [0.1, 0.15) is 12.9 Å². The van der Waals surface area contributed by atoms with Gasteiger partial charge in [-0.15, -0.1) is 5.10 Å². The molecule has 1 saturated carbocycles. The average Bonchev–Trinajstić information content (AvgIpc) is 3.26. The van der Waals surface area contributed by atoms with Crippen LogP contribution in [0.1, 0.15) is 25.7 Å².